The summed E-state index contributed by atoms with van der Waals surface area (Å²) >= 11 is 0. The van der Waals surface area contributed by atoms with Crippen LogP contribution in [0, 0.1) is 11.3 Å². The quantitative estimate of drug-likeness (QED) is 0.789. The van der Waals surface area contributed by atoms with E-state index in [4.69, 9.17) is 5.73 Å². The minimum Gasteiger partial charge on any atom is -0.355 e. The number of carbonyl (C=O) groups excluding carboxylic acids is 1. The van der Waals surface area contributed by atoms with Gasteiger partial charge < -0.3 is 16.0 Å². The van der Waals surface area contributed by atoms with Crippen LogP contribution >= 0.6 is 0 Å². The summed E-state index contributed by atoms with van der Waals surface area (Å²) in [7, 11) is 0. The molecule has 1 saturated heterocycles. The summed E-state index contributed by atoms with van der Waals surface area (Å²) in [6.07, 6.45) is 9.24. The van der Waals surface area contributed by atoms with Crippen molar-refractivity contribution in [1.82, 2.24) is 10.2 Å². The lowest BCUT2D eigenvalue weighted by Crippen LogP contribution is -2.42. The number of piperidine rings is 1. The van der Waals surface area contributed by atoms with Crippen molar-refractivity contribution in [3.8, 4) is 0 Å². The van der Waals surface area contributed by atoms with Gasteiger partial charge in [0.25, 0.3) is 0 Å². The molecule has 2 aliphatic rings. The Hall–Kier alpha value is -0.610. The summed E-state index contributed by atoms with van der Waals surface area (Å²) in [4.78, 5) is 14.7. The highest BCUT2D eigenvalue weighted by molar-refractivity contribution is 5.76. The lowest BCUT2D eigenvalue weighted by molar-refractivity contribution is -0.123. The van der Waals surface area contributed by atoms with E-state index >= 15 is 0 Å². The van der Waals surface area contributed by atoms with E-state index in [1.807, 2.05) is 0 Å². The van der Waals surface area contributed by atoms with Gasteiger partial charge in [0.1, 0.15) is 0 Å². The third-order valence-electron chi connectivity index (χ3n) is 5.51. The molecular weight excluding hydrogens is 262 g/mol. The van der Waals surface area contributed by atoms with Gasteiger partial charge in [-0.2, -0.15) is 0 Å². The summed E-state index contributed by atoms with van der Waals surface area (Å²) < 4.78 is 0. The van der Waals surface area contributed by atoms with Crippen LogP contribution in [0.15, 0.2) is 0 Å². The first-order valence-corrected chi connectivity index (χ1v) is 8.83. The summed E-state index contributed by atoms with van der Waals surface area (Å²) in [5.41, 5.74) is 6.04. The van der Waals surface area contributed by atoms with Crippen LogP contribution in [0.1, 0.15) is 58.3 Å². The molecule has 2 fully saturated rings. The Morgan fingerprint density at radius 3 is 2.52 bits per heavy atom. The van der Waals surface area contributed by atoms with Crippen molar-refractivity contribution in [2.45, 2.75) is 58.3 Å². The van der Waals surface area contributed by atoms with E-state index in [1.165, 1.54) is 45.2 Å². The SMILES string of the molecule is CC1CCN(CCNC(=O)CC2(CN)CCCCC2)CC1. The van der Waals surface area contributed by atoms with Gasteiger partial charge in [-0.3, -0.25) is 4.79 Å². The number of rotatable bonds is 6. The largest absolute Gasteiger partial charge is 0.355 e. The van der Waals surface area contributed by atoms with Gasteiger partial charge >= 0.3 is 0 Å². The molecule has 1 saturated carbocycles. The van der Waals surface area contributed by atoms with Crippen molar-refractivity contribution in [3.63, 3.8) is 0 Å². The summed E-state index contributed by atoms with van der Waals surface area (Å²) in [5.74, 6) is 1.07. The highest BCUT2D eigenvalue weighted by Crippen LogP contribution is 2.38. The molecule has 122 valence electrons. The molecule has 4 nitrogen and oxygen atoms in total. The van der Waals surface area contributed by atoms with E-state index in [0.29, 0.717) is 13.0 Å². The zero-order valence-corrected chi connectivity index (χ0v) is 13.7. The van der Waals surface area contributed by atoms with Gasteiger partial charge in [0.05, 0.1) is 0 Å². The van der Waals surface area contributed by atoms with Crippen molar-refractivity contribution in [3.05, 3.63) is 0 Å². The van der Waals surface area contributed by atoms with Crippen LogP contribution in [0.25, 0.3) is 0 Å². The van der Waals surface area contributed by atoms with Gasteiger partial charge in [-0.25, -0.2) is 0 Å². The number of amides is 1. The minimum atomic E-state index is 0.0862. The zero-order valence-electron chi connectivity index (χ0n) is 13.7. The lowest BCUT2D eigenvalue weighted by atomic mass is 9.71. The smallest absolute Gasteiger partial charge is 0.220 e. The van der Waals surface area contributed by atoms with Crippen molar-refractivity contribution in [2.24, 2.45) is 17.1 Å². The molecule has 4 heteroatoms. The molecule has 1 heterocycles. The molecule has 0 unspecified atom stereocenters. The van der Waals surface area contributed by atoms with Crippen LogP contribution < -0.4 is 11.1 Å². The summed E-state index contributed by atoms with van der Waals surface area (Å²) in [5, 5.41) is 3.11. The fraction of sp³-hybridized carbons (Fsp3) is 0.941. The topological polar surface area (TPSA) is 58.4 Å². The number of nitrogens with two attached hydrogens (primary N) is 1. The second-order valence-electron chi connectivity index (χ2n) is 7.32. The van der Waals surface area contributed by atoms with E-state index in [9.17, 15) is 4.79 Å². The van der Waals surface area contributed by atoms with Crippen LogP contribution in [-0.2, 0) is 4.79 Å². The second-order valence-corrected chi connectivity index (χ2v) is 7.32. The predicted molar refractivity (Wildman–Crippen MR) is 87.0 cm³/mol. The maximum Gasteiger partial charge on any atom is 0.220 e. The molecule has 0 spiro atoms. The normalized spacial score (nSPS) is 23.9. The molecule has 0 aromatic rings. The highest BCUT2D eigenvalue weighted by atomic mass is 16.1. The Balaban J connectivity index is 1.65. The number of nitrogens with one attached hydrogen (secondary N) is 1. The van der Waals surface area contributed by atoms with Crippen LogP contribution in [0.5, 0.6) is 0 Å². The Morgan fingerprint density at radius 2 is 1.90 bits per heavy atom. The lowest BCUT2D eigenvalue weighted by Gasteiger charge is -2.35. The van der Waals surface area contributed by atoms with Gasteiger partial charge in [-0.05, 0) is 56.7 Å². The number of carbonyl (C=O) groups is 1. The first-order valence-electron chi connectivity index (χ1n) is 8.83. The van der Waals surface area contributed by atoms with E-state index < -0.39 is 0 Å². The van der Waals surface area contributed by atoms with Crippen LogP contribution in [0.4, 0.5) is 0 Å². The molecule has 1 aliphatic heterocycles. The van der Waals surface area contributed by atoms with Crippen molar-refractivity contribution < 1.29 is 4.79 Å². The highest BCUT2D eigenvalue weighted by Gasteiger charge is 2.32. The van der Waals surface area contributed by atoms with Gasteiger partial charge in [0, 0.05) is 19.5 Å². The van der Waals surface area contributed by atoms with E-state index in [-0.39, 0.29) is 11.3 Å². The molecule has 1 amide bonds. The van der Waals surface area contributed by atoms with E-state index in [1.54, 1.807) is 0 Å². The standard InChI is InChI=1S/C17H33N3O/c1-15-5-10-20(11-6-15)12-9-19-16(21)13-17(14-18)7-3-2-4-8-17/h15H,2-14,18H2,1H3,(H,19,21). The third kappa shape index (κ3) is 5.26. The summed E-state index contributed by atoms with van der Waals surface area (Å²) in [6.45, 7) is 7.13. The van der Waals surface area contributed by atoms with Gasteiger partial charge in [-0.1, -0.05) is 26.2 Å². The van der Waals surface area contributed by atoms with Crippen LogP contribution in [0.3, 0.4) is 0 Å². The maximum atomic E-state index is 12.2. The third-order valence-corrected chi connectivity index (χ3v) is 5.51. The van der Waals surface area contributed by atoms with Gasteiger partial charge in [0.2, 0.25) is 5.91 Å². The average molecular weight is 295 g/mol. The van der Waals surface area contributed by atoms with Crippen molar-refractivity contribution in [1.29, 1.82) is 0 Å². The number of nitrogens with zero attached hydrogens (tertiary/aromatic N) is 1. The first kappa shape index (κ1) is 16.8. The van der Waals surface area contributed by atoms with Gasteiger partial charge in [-0.15, -0.1) is 0 Å². The Labute approximate surface area is 129 Å². The Morgan fingerprint density at radius 1 is 1.24 bits per heavy atom. The van der Waals surface area contributed by atoms with E-state index in [2.05, 4.69) is 17.1 Å². The molecule has 0 radical (unpaired) electrons. The molecule has 2 rings (SSSR count). The number of hydrogen-bond acceptors (Lipinski definition) is 3. The molecule has 21 heavy (non-hydrogen) atoms. The zero-order chi connectivity index (χ0) is 15.1. The van der Waals surface area contributed by atoms with Crippen molar-refractivity contribution in [2.75, 3.05) is 32.7 Å². The minimum absolute atomic E-state index is 0.0862. The molecule has 0 atom stereocenters. The number of hydrogen-bond donors (Lipinski definition) is 2. The predicted octanol–water partition coefficient (Wildman–Crippen LogP) is 2.13. The summed E-state index contributed by atoms with van der Waals surface area (Å²) in [6, 6.07) is 0. The molecule has 0 aromatic heterocycles. The Kier molecular flexibility index (Phi) is 6.49. The molecule has 3 N–H and O–H groups in total. The molecule has 1 aliphatic carbocycles. The Bertz CT molecular complexity index is 318. The van der Waals surface area contributed by atoms with Crippen LogP contribution in [-0.4, -0.2) is 43.5 Å². The fourth-order valence-corrected chi connectivity index (χ4v) is 3.80. The molecule has 0 bridgehead atoms. The van der Waals surface area contributed by atoms with Gasteiger partial charge in [0.15, 0.2) is 0 Å². The van der Waals surface area contributed by atoms with E-state index in [0.717, 1.165) is 31.8 Å². The van der Waals surface area contributed by atoms with Crippen LogP contribution in [0.2, 0.25) is 0 Å². The van der Waals surface area contributed by atoms with Crippen molar-refractivity contribution >= 4 is 5.91 Å². The average Bonchev–Trinajstić information content (AvgIpc) is 2.50. The molecule has 0 aromatic carbocycles. The monoisotopic (exact) mass is 295 g/mol. The maximum absolute atomic E-state index is 12.2. The second kappa shape index (κ2) is 8.14. The molecular formula is C17H33N3O. The first-order chi connectivity index (χ1) is 10.1. The fourth-order valence-electron chi connectivity index (χ4n) is 3.80. The number of likely N-dealkylation sites (tertiary alicyclic amines) is 1.